The predicted octanol–water partition coefficient (Wildman–Crippen LogP) is 3.26. The van der Waals surface area contributed by atoms with Gasteiger partial charge in [-0.15, -0.1) is 0 Å². The van der Waals surface area contributed by atoms with Crippen molar-refractivity contribution in [3.05, 3.63) is 59.4 Å². The van der Waals surface area contributed by atoms with E-state index in [0.29, 0.717) is 26.9 Å². The van der Waals surface area contributed by atoms with Crippen molar-refractivity contribution in [1.29, 1.82) is 0 Å². The second-order valence-corrected chi connectivity index (χ2v) is 8.47. The zero-order chi connectivity index (χ0) is 21.2. The highest BCUT2D eigenvalue weighted by Gasteiger charge is 2.22. The van der Waals surface area contributed by atoms with E-state index >= 15 is 0 Å². The van der Waals surface area contributed by atoms with Gasteiger partial charge in [0.2, 0.25) is 0 Å². The maximum absolute atomic E-state index is 12.2. The van der Waals surface area contributed by atoms with Crippen LogP contribution in [0.25, 0.3) is 22.6 Å². The Bertz CT molecular complexity index is 1240. The van der Waals surface area contributed by atoms with E-state index in [4.69, 9.17) is 21.2 Å². The zero-order valence-corrected chi connectivity index (χ0v) is 17.0. The molecule has 0 aliphatic heterocycles. The molecular weight excluding hydrogens is 416 g/mol. The molecule has 29 heavy (non-hydrogen) atoms. The molecule has 0 aliphatic rings. The molecule has 148 valence electrons. The zero-order valence-electron chi connectivity index (χ0n) is 15.4. The van der Waals surface area contributed by atoms with Gasteiger partial charge in [0, 0.05) is 41.3 Å². The number of nitrogens with zero attached hydrogens (tertiary/aromatic N) is 2. The van der Waals surface area contributed by atoms with Crippen molar-refractivity contribution in [2.45, 2.75) is 4.90 Å². The van der Waals surface area contributed by atoms with Crippen molar-refractivity contribution in [1.82, 2.24) is 10.0 Å². The van der Waals surface area contributed by atoms with Crippen molar-refractivity contribution in [3.8, 4) is 34.4 Å². The number of amides is 1. The summed E-state index contributed by atoms with van der Waals surface area (Å²) in [6.07, 6.45) is 1.10. The molecule has 7 nitrogen and oxygen atoms in total. The first-order chi connectivity index (χ1) is 13.7. The SMILES string of the molecule is CN(O)C(=O)C#Cc1nc(-c2ccc(Cl)cc2)c(-c2ccccc2S(C)(=O)=O)o1. The second kappa shape index (κ2) is 8.09. The average Bonchev–Trinajstić information content (AvgIpc) is 3.10. The third kappa shape index (κ3) is 4.66. The highest BCUT2D eigenvalue weighted by molar-refractivity contribution is 7.90. The summed E-state index contributed by atoms with van der Waals surface area (Å²) in [4.78, 5) is 15.9. The Morgan fingerprint density at radius 2 is 1.83 bits per heavy atom. The molecule has 0 bridgehead atoms. The molecule has 3 rings (SSSR count). The summed E-state index contributed by atoms with van der Waals surface area (Å²) in [5, 5.41) is 9.97. The van der Waals surface area contributed by atoms with Gasteiger partial charge in [-0.2, -0.15) is 0 Å². The van der Waals surface area contributed by atoms with Crippen LogP contribution in [0.1, 0.15) is 5.89 Å². The fourth-order valence-corrected chi connectivity index (χ4v) is 3.54. The van der Waals surface area contributed by atoms with Gasteiger partial charge in [-0.05, 0) is 24.3 Å². The van der Waals surface area contributed by atoms with Gasteiger partial charge in [-0.3, -0.25) is 10.0 Å². The first-order valence-corrected chi connectivity index (χ1v) is 10.5. The van der Waals surface area contributed by atoms with Gasteiger partial charge in [0.1, 0.15) is 5.69 Å². The standard InChI is InChI=1S/C20H15ClN2O5S/c1-23(25)18(24)12-11-17-22-19(13-7-9-14(21)10-8-13)20(28-17)15-5-3-4-6-16(15)29(2,26)27/h3-10,25H,1-2H3. The minimum atomic E-state index is -3.55. The van der Waals surface area contributed by atoms with Crippen LogP contribution in [0.15, 0.2) is 57.8 Å². The normalized spacial score (nSPS) is 10.9. The fraction of sp³-hybridized carbons (Fsp3) is 0.100. The highest BCUT2D eigenvalue weighted by atomic mass is 35.5. The van der Waals surface area contributed by atoms with E-state index in [2.05, 4.69) is 16.8 Å². The third-order valence-corrected chi connectivity index (χ3v) is 5.25. The van der Waals surface area contributed by atoms with Crippen molar-refractivity contribution in [2.24, 2.45) is 0 Å². The molecule has 1 aromatic heterocycles. The van der Waals surface area contributed by atoms with Crippen LogP contribution in [0, 0.1) is 11.8 Å². The van der Waals surface area contributed by atoms with Gasteiger partial charge < -0.3 is 4.42 Å². The van der Waals surface area contributed by atoms with Gasteiger partial charge in [-0.25, -0.2) is 18.5 Å². The largest absolute Gasteiger partial charge is 0.429 e. The van der Waals surface area contributed by atoms with Crippen LogP contribution in [0.5, 0.6) is 0 Å². The van der Waals surface area contributed by atoms with E-state index in [1.807, 2.05) is 0 Å². The topological polar surface area (TPSA) is 101 Å². The maximum Gasteiger partial charge on any atom is 0.322 e. The predicted molar refractivity (Wildman–Crippen MR) is 107 cm³/mol. The molecule has 0 fully saturated rings. The lowest BCUT2D eigenvalue weighted by Gasteiger charge is -2.07. The van der Waals surface area contributed by atoms with Gasteiger partial charge in [-0.1, -0.05) is 35.9 Å². The van der Waals surface area contributed by atoms with E-state index in [1.54, 1.807) is 42.5 Å². The summed E-state index contributed by atoms with van der Waals surface area (Å²) < 4.78 is 30.2. The summed E-state index contributed by atoms with van der Waals surface area (Å²) in [5.74, 6) is 3.85. The molecule has 9 heteroatoms. The van der Waals surface area contributed by atoms with E-state index < -0.39 is 15.7 Å². The fourth-order valence-electron chi connectivity index (χ4n) is 2.52. The first kappa shape index (κ1) is 20.6. The number of hydrogen-bond donors (Lipinski definition) is 1. The third-order valence-electron chi connectivity index (χ3n) is 3.85. The van der Waals surface area contributed by atoms with E-state index in [1.165, 1.54) is 6.07 Å². The number of sulfone groups is 1. The van der Waals surface area contributed by atoms with Crippen molar-refractivity contribution < 1.29 is 22.8 Å². The number of halogens is 1. The Hall–Kier alpha value is -3.12. The summed E-state index contributed by atoms with van der Waals surface area (Å²) in [7, 11) is -2.42. The quantitative estimate of drug-likeness (QED) is 0.389. The van der Waals surface area contributed by atoms with Crippen LogP contribution in [0.3, 0.4) is 0 Å². The van der Waals surface area contributed by atoms with Crippen LogP contribution >= 0.6 is 11.6 Å². The summed E-state index contributed by atoms with van der Waals surface area (Å²) in [6, 6.07) is 13.1. The average molecular weight is 431 g/mol. The summed E-state index contributed by atoms with van der Waals surface area (Å²) >= 11 is 5.95. The molecule has 0 spiro atoms. The Labute approximate surface area is 172 Å². The summed E-state index contributed by atoms with van der Waals surface area (Å²) in [6.45, 7) is 0. The minimum Gasteiger partial charge on any atom is -0.429 e. The van der Waals surface area contributed by atoms with Crippen LogP contribution in [-0.4, -0.2) is 42.9 Å². The lowest BCUT2D eigenvalue weighted by Crippen LogP contribution is -2.20. The number of carbonyl (C=O) groups is 1. The van der Waals surface area contributed by atoms with Crippen LogP contribution in [-0.2, 0) is 14.6 Å². The van der Waals surface area contributed by atoms with Crippen molar-refractivity contribution in [2.75, 3.05) is 13.3 Å². The Morgan fingerprint density at radius 3 is 2.45 bits per heavy atom. The summed E-state index contributed by atoms with van der Waals surface area (Å²) in [5.41, 5.74) is 1.27. The van der Waals surface area contributed by atoms with Crippen molar-refractivity contribution >= 4 is 27.3 Å². The number of hydrogen-bond acceptors (Lipinski definition) is 6. The highest BCUT2D eigenvalue weighted by Crippen LogP contribution is 2.36. The van der Waals surface area contributed by atoms with Crippen LogP contribution < -0.4 is 0 Å². The number of hydroxylamine groups is 2. The monoisotopic (exact) mass is 430 g/mol. The molecule has 1 heterocycles. The molecule has 3 aromatic rings. The lowest BCUT2D eigenvalue weighted by atomic mass is 10.1. The van der Waals surface area contributed by atoms with Crippen LogP contribution in [0.4, 0.5) is 0 Å². The number of oxazole rings is 1. The Morgan fingerprint density at radius 1 is 1.17 bits per heavy atom. The molecule has 1 amide bonds. The Kier molecular flexibility index (Phi) is 5.75. The molecule has 0 radical (unpaired) electrons. The van der Waals surface area contributed by atoms with Gasteiger partial charge in [0.05, 0.1) is 4.90 Å². The first-order valence-electron chi connectivity index (χ1n) is 8.21. The molecule has 0 atom stereocenters. The van der Waals surface area contributed by atoms with E-state index in [0.717, 1.165) is 13.3 Å². The number of aromatic nitrogens is 1. The maximum atomic E-state index is 12.2. The second-order valence-electron chi connectivity index (χ2n) is 6.05. The van der Waals surface area contributed by atoms with Gasteiger partial charge in [0.15, 0.2) is 15.6 Å². The van der Waals surface area contributed by atoms with Crippen LogP contribution in [0.2, 0.25) is 5.02 Å². The smallest absolute Gasteiger partial charge is 0.322 e. The number of rotatable bonds is 3. The van der Waals surface area contributed by atoms with E-state index in [9.17, 15) is 13.2 Å². The Balaban J connectivity index is 2.23. The molecule has 0 aliphatic carbocycles. The minimum absolute atomic E-state index is 0.0667. The molecule has 2 aromatic carbocycles. The number of benzene rings is 2. The van der Waals surface area contributed by atoms with Crippen molar-refractivity contribution in [3.63, 3.8) is 0 Å². The molecule has 0 unspecified atom stereocenters. The van der Waals surface area contributed by atoms with Gasteiger partial charge >= 0.3 is 5.91 Å². The molecule has 0 saturated carbocycles. The van der Waals surface area contributed by atoms with E-state index in [-0.39, 0.29) is 16.5 Å². The molecule has 0 saturated heterocycles. The van der Waals surface area contributed by atoms with Gasteiger partial charge in [0.25, 0.3) is 5.89 Å². The molecular formula is C20H15ClN2O5S. The molecule has 1 N–H and O–H groups in total. The number of carbonyl (C=O) groups excluding carboxylic acids is 1. The lowest BCUT2D eigenvalue weighted by molar-refractivity contribution is -0.152.